The van der Waals surface area contributed by atoms with Crippen LogP contribution in [0.2, 0.25) is 0 Å². The predicted molar refractivity (Wildman–Crippen MR) is 64.8 cm³/mol. The molecule has 2 aliphatic rings. The zero-order valence-electron chi connectivity index (χ0n) is 10.5. The Labute approximate surface area is 107 Å². The third-order valence-corrected chi connectivity index (χ3v) is 5.07. The molecule has 0 spiro atoms. The zero-order chi connectivity index (χ0) is 12.8. The number of fused-ring (bicyclic) bond motifs is 2. The van der Waals surface area contributed by atoms with Crippen LogP contribution in [0.4, 0.5) is 0 Å². The standard InChI is InChI=1S/C13H19ClO3/c1-13(2)7-4-8(14)6-9(13)11(10(15)5-7)12(16)17-3/h7-9,11H,4-6H2,1-3H3/t7-,8?,9+,11-/m0/s1. The average Bonchev–Trinajstić information content (AvgIpc) is 2.22. The molecule has 3 nitrogen and oxygen atoms in total. The first-order valence-corrected chi connectivity index (χ1v) is 6.56. The van der Waals surface area contributed by atoms with Crippen molar-refractivity contribution in [2.24, 2.45) is 23.2 Å². The molecule has 4 heteroatoms. The Morgan fingerprint density at radius 2 is 2.06 bits per heavy atom. The topological polar surface area (TPSA) is 43.4 Å². The molecule has 2 fully saturated rings. The minimum Gasteiger partial charge on any atom is -0.468 e. The van der Waals surface area contributed by atoms with Crippen molar-refractivity contribution in [3.8, 4) is 0 Å². The molecule has 0 aromatic heterocycles. The summed E-state index contributed by atoms with van der Waals surface area (Å²) in [7, 11) is 1.34. The van der Waals surface area contributed by atoms with Gasteiger partial charge in [0, 0.05) is 11.8 Å². The van der Waals surface area contributed by atoms with Crippen LogP contribution in [-0.4, -0.2) is 24.2 Å². The van der Waals surface area contributed by atoms with Crippen molar-refractivity contribution in [2.75, 3.05) is 7.11 Å². The minimum absolute atomic E-state index is 0.00183. The van der Waals surface area contributed by atoms with Crippen LogP contribution in [0.3, 0.4) is 0 Å². The fourth-order valence-corrected chi connectivity index (χ4v) is 3.93. The van der Waals surface area contributed by atoms with Crippen LogP contribution in [0, 0.1) is 23.2 Å². The highest BCUT2D eigenvalue weighted by Gasteiger charge is 2.55. The number of esters is 1. The van der Waals surface area contributed by atoms with Gasteiger partial charge in [-0.25, -0.2) is 0 Å². The minimum atomic E-state index is -0.604. The molecule has 96 valence electrons. The maximum absolute atomic E-state index is 12.1. The Kier molecular flexibility index (Phi) is 3.23. The highest BCUT2D eigenvalue weighted by Crippen LogP contribution is 2.55. The lowest BCUT2D eigenvalue weighted by Gasteiger charge is -2.52. The third kappa shape index (κ3) is 1.99. The molecule has 0 aliphatic heterocycles. The van der Waals surface area contributed by atoms with E-state index in [9.17, 15) is 9.59 Å². The molecule has 4 atom stereocenters. The second-order valence-corrected chi connectivity index (χ2v) is 6.48. The van der Waals surface area contributed by atoms with E-state index in [1.54, 1.807) is 0 Å². The lowest BCUT2D eigenvalue weighted by Crippen LogP contribution is -2.53. The number of carbonyl (C=O) groups is 2. The van der Waals surface area contributed by atoms with Gasteiger partial charge in [-0.15, -0.1) is 11.6 Å². The first-order chi connectivity index (χ1) is 7.87. The molecule has 0 aromatic carbocycles. The van der Waals surface area contributed by atoms with E-state index in [0.29, 0.717) is 12.3 Å². The van der Waals surface area contributed by atoms with Crippen molar-refractivity contribution < 1.29 is 14.3 Å². The summed E-state index contributed by atoms with van der Waals surface area (Å²) in [5.74, 6) is -0.630. The predicted octanol–water partition coefficient (Wildman–Crippen LogP) is 2.41. The molecule has 1 unspecified atom stereocenters. The second kappa shape index (κ2) is 4.27. The summed E-state index contributed by atoms with van der Waals surface area (Å²) in [6, 6.07) is 0. The maximum Gasteiger partial charge on any atom is 0.316 e. The van der Waals surface area contributed by atoms with Crippen molar-refractivity contribution in [2.45, 2.75) is 38.5 Å². The normalized spacial score (nSPS) is 39.9. The van der Waals surface area contributed by atoms with Crippen molar-refractivity contribution in [3.63, 3.8) is 0 Å². The molecule has 2 bridgehead atoms. The van der Waals surface area contributed by atoms with Crippen molar-refractivity contribution in [1.82, 2.24) is 0 Å². The van der Waals surface area contributed by atoms with E-state index in [0.717, 1.165) is 12.8 Å². The molecule has 0 amide bonds. The largest absolute Gasteiger partial charge is 0.468 e. The Morgan fingerprint density at radius 1 is 1.41 bits per heavy atom. The van der Waals surface area contributed by atoms with Crippen LogP contribution in [0.5, 0.6) is 0 Å². The first-order valence-electron chi connectivity index (χ1n) is 6.12. The van der Waals surface area contributed by atoms with Crippen LogP contribution in [0.1, 0.15) is 33.1 Å². The Balaban J connectivity index is 2.34. The van der Waals surface area contributed by atoms with Gasteiger partial charge in [-0.05, 0) is 30.1 Å². The first kappa shape index (κ1) is 12.9. The smallest absolute Gasteiger partial charge is 0.316 e. The molecule has 2 aliphatic carbocycles. The van der Waals surface area contributed by atoms with Crippen molar-refractivity contribution >= 4 is 23.4 Å². The number of hydrogen-bond acceptors (Lipinski definition) is 3. The molecular formula is C13H19ClO3. The van der Waals surface area contributed by atoms with Gasteiger partial charge in [0.2, 0.25) is 0 Å². The van der Waals surface area contributed by atoms with Crippen LogP contribution in [0.15, 0.2) is 0 Å². The fraction of sp³-hybridized carbons (Fsp3) is 0.846. The number of hydrogen-bond donors (Lipinski definition) is 0. The number of Topliss-reactive ketones (excluding diaryl/α,β-unsaturated/α-hetero) is 1. The van der Waals surface area contributed by atoms with Gasteiger partial charge in [0.1, 0.15) is 11.7 Å². The van der Waals surface area contributed by atoms with E-state index in [1.807, 2.05) is 0 Å². The average molecular weight is 259 g/mol. The molecule has 0 aromatic rings. The van der Waals surface area contributed by atoms with Crippen LogP contribution in [-0.2, 0) is 14.3 Å². The van der Waals surface area contributed by atoms with Crippen LogP contribution >= 0.6 is 11.6 Å². The van der Waals surface area contributed by atoms with Gasteiger partial charge in [-0.3, -0.25) is 9.59 Å². The van der Waals surface area contributed by atoms with Crippen molar-refractivity contribution in [3.05, 3.63) is 0 Å². The number of ketones is 1. The van der Waals surface area contributed by atoms with Gasteiger partial charge in [-0.2, -0.15) is 0 Å². The quantitative estimate of drug-likeness (QED) is 0.412. The van der Waals surface area contributed by atoms with Gasteiger partial charge in [0.25, 0.3) is 0 Å². The Hall–Kier alpha value is -0.570. The van der Waals surface area contributed by atoms with Crippen molar-refractivity contribution in [1.29, 1.82) is 0 Å². The monoisotopic (exact) mass is 258 g/mol. The molecule has 2 saturated carbocycles. The number of carbonyl (C=O) groups excluding carboxylic acids is 2. The van der Waals surface area contributed by atoms with Crippen LogP contribution < -0.4 is 0 Å². The summed E-state index contributed by atoms with van der Waals surface area (Å²) >= 11 is 6.24. The van der Waals surface area contributed by atoms with E-state index in [-0.39, 0.29) is 22.5 Å². The van der Waals surface area contributed by atoms with E-state index in [1.165, 1.54) is 7.11 Å². The number of methoxy groups -OCH3 is 1. The molecule has 0 saturated heterocycles. The Bertz CT molecular complexity index is 351. The molecule has 0 N–H and O–H groups in total. The number of alkyl halides is 1. The summed E-state index contributed by atoms with van der Waals surface area (Å²) < 4.78 is 4.78. The molecule has 0 heterocycles. The molecular weight excluding hydrogens is 240 g/mol. The molecule has 0 radical (unpaired) electrons. The fourth-order valence-electron chi connectivity index (χ4n) is 3.52. The van der Waals surface area contributed by atoms with E-state index < -0.39 is 11.9 Å². The molecule has 17 heavy (non-hydrogen) atoms. The second-order valence-electron chi connectivity index (χ2n) is 5.86. The molecule has 2 rings (SSSR count). The highest BCUT2D eigenvalue weighted by atomic mass is 35.5. The number of ether oxygens (including phenoxy) is 1. The lowest BCUT2D eigenvalue weighted by molar-refractivity contribution is -0.162. The van der Waals surface area contributed by atoms with E-state index >= 15 is 0 Å². The van der Waals surface area contributed by atoms with Gasteiger partial charge in [-0.1, -0.05) is 13.8 Å². The Morgan fingerprint density at radius 3 is 2.65 bits per heavy atom. The van der Waals surface area contributed by atoms with E-state index in [4.69, 9.17) is 16.3 Å². The highest BCUT2D eigenvalue weighted by molar-refractivity contribution is 6.20. The zero-order valence-corrected chi connectivity index (χ0v) is 11.3. The number of rotatable bonds is 1. The van der Waals surface area contributed by atoms with Gasteiger partial charge >= 0.3 is 5.97 Å². The van der Waals surface area contributed by atoms with Crippen LogP contribution in [0.25, 0.3) is 0 Å². The summed E-state index contributed by atoms with van der Waals surface area (Å²) in [5, 5.41) is 0.0817. The summed E-state index contributed by atoms with van der Waals surface area (Å²) in [6.07, 6.45) is 2.08. The van der Waals surface area contributed by atoms with E-state index in [2.05, 4.69) is 13.8 Å². The lowest BCUT2D eigenvalue weighted by atomic mass is 9.52. The van der Waals surface area contributed by atoms with Gasteiger partial charge < -0.3 is 4.74 Å². The summed E-state index contributed by atoms with van der Waals surface area (Å²) in [6.45, 7) is 4.29. The SMILES string of the molecule is COC(=O)[C@@H]1C(=O)C[C@@H]2CC(Cl)C[C@H]1C2(C)C. The maximum atomic E-state index is 12.1. The third-order valence-electron chi connectivity index (χ3n) is 4.71. The number of halogens is 1. The summed E-state index contributed by atoms with van der Waals surface area (Å²) in [4.78, 5) is 23.8. The summed E-state index contributed by atoms with van der Waals surface area (Å²) in [5.41, 5.74) is -0.00183. The van der Waals surface area contributed by atoms with Gasteiger partial charge in [0.05, 0.1) is 7.11 Å². The van der Waals surface area contributed by atoms with Gasteiger partial charge in [0.15, 0.2) is 0 Å².